The van der Waals surface area contributed by atoms with Crippen LogP contribution in [0.2, 0.25) is 10.0 Å². The van der Waals surface area contributed by atoms with E-state index in [-0.39, 0.29) is 29.7 Å². The molecule has 1 amide bonds. The Balaban J connectivity index is 1.43. The lowest BCUT2D eigenvalue weighted by Crippen LogP contribution is -2.43. The molecule has 8 heteroatoms. The average molecular weight is 444 g/mol. The number of hydrogen-bond donors (Lipinski definition) is 0. The van der Waals surface area contributed by atoms with E-state index in [0.29, 0.717) is 52.6 Å². The molecule has 0 unspecified atom stereocenters. The van der Waals surface area contributed by atoms with Crippen LogP contribution in [0.25, 0.3) is 11.0 Å². The van der Waals surface area contributed by atoms with Crippen LogP contribution in [0.4, 0.5) is 0 Å². The number of nitrogens with zero attached hydrogens (tertiary/aromatic N) is 3. The summed E-state index contributed by atoms with van der Waals surface area (Å²) in [6, 6.07) is 12.1. The molecule has 6 nitrogen and oxygen atoms in total. The van der Waals surface area contributed by atoms with E-state index in [9.17, 15) is 14.4 Å². The Hall–Kier alpha value is -2.70. The van der Waals surface area contributed by atoms with E-state index in [0.717, 1.165) is 0 Å². The molecule has 4 rings (SSSR count). The van der Waals surface area contributed by atoms with Crippen molar-refractivity contribution in [2.75, 3.05) is 13.1 Å². The third kappa shape index (κ3) is 4.11. The summed E-state index contributed by atoms with van der Waals surface area (Å²) in [7, 11) is 0. The summed E-state index contributed by atoms with van der Waals surface area (Å²) in [5.74, 6) is -0.304. The first-order chi connectivity index (χ1) is 14.4. The highest BCUT2D eigenvalue weighted by Crippen LogP contribution is 2.27. The molecule has 0 radical (unpaired) electrons. The average Bonchev–Trinajstić information content (AvgIpc) is 2.77. The minimum atomic E-state index is -0.313. The second kappa shape index (κ2) is 8.58. The van der Waals surface area contributed by atoms with Crippen LogP contribution in [0.3, 0.4) is 0 Å². The molecular weight excluding hydrogens is 425 g/mol. The fourth-order valence-electron chi connectivity index (χ4n) is 3.79. The Labute approximate surface area is 183 Å². The number of Topliss-reactive ketones (excluding diaryl/α,β-unsaturated/α-hetero) is 1. The Morgan fingerprint density at radius 3 is 2.50 bits per heavy atom. The van der Waals surface area contributed by atoms with Crippen LogP contribution in [0.5, 0.6) is 0 Å². The van der Waals surface area contributed by atoms with Gasteiger partial charge in [-0.3, -0.25) is 19.0 Å². The van der Waals surface area contributed by atoms with Gasteiger partial charge in [-0.05, 0) is 43.2 Å². The maximum atomic E-state index is 12.8. The van der Waals surface area contributed by atoms with Crippen LogP contribution in [-0.2, 0) is 11.3 Å². The molecule has 1 aliphatic heterocycles. The summed E-state index contributed by atoms with van der Waals surface area (Å²) in [4.78, 5) is 43.7. The molecule has 154 valence electrons. The maximum absolute atomic E-state index is 12.8. The molecule has 2 heterocycles. The number of halogens is 2. The Morgan fingerprint density at radius 2 is 1.77 bits per heavy atom. The van der Waals surface area contributed by atoms with Gasteiger partial charge >= 0.3 is 0 Å². The van der Waals surface area contributed by atoms with Crippen molar-refractivity contribution in [3.05, 3.63) is 74.6 Å². The molecule has 0 atom stereocenters. The van der Waals surface area contributed by atoms with Gasteiger partial charge in [0.2, 0.25) is 5.91 Å². The van der Waals surface area contributed by atoms with Crippen LogP contribution in [0.15, 0.2) is 53.5 Å². The van der Waals surface area contributed by atoms with E-state index >= 15 is 0 Å². The lowest BCUT2D eigenvalue weighted by atomic mass is 9.89. The first kappa shape index (κ1) is 20.6. The SMILES string of the molecule is O=C(c1ccc(Cl)c(Cl)c1)C1CCN(C(=O)Cn2c(=O)cnc3ccccc32)CC1. The first-order valence-corrected chi connectivity index (χ1v) is 10.4. The molecule has 3 aromatic rings. The van der Waals surface area contributed by atoms with Crippen LogP contribution in [-0.4, -0.2) is 39.2 Å². The lowest BCUT2D eigenvalue weighted by Gasteiger charge is -2.31. The molecule has 2 aromatic carbocycles. The number of aromatic nitrogens is 2. The minimum Gasteiger partial charge on any atom is -0.341 e. The lowest BCUT2D eigenvalue weighted by molar-refractivity contribution is -0.133. The summed E-state index contributed by atoms with van der Waals surface area (Å²) in [5.41, 5.74) is 1.51. The Morgan fingerprint density at radius 1 is 1.03 bits per heavy atom. The molecule has 30 heavy (non-hydrogen) atoms. The smallest absolute Gasteiger partial charge is 0.269 e. The number of fused-ring (bicyclic) bond motifs is 1. The highest BCUT2D eigenvalue weighted by atomic mass is 35.5. The fourth-order valence-corrected chi connectivity index (χ4v) is 4.09. The van der Waals surface area contributed by atoms with Gasteiger partial charge in [0, 0.05) is 24.6 Å². The Bertz CT molecular complexity index is 1180. The Kier molecular flexibility index (Phi) is 5.88. The summed E-state index contributed by atoms with van der Waals surface area (Å²) >= 11 is 11.9. The van der Waals surface area contributed by atoms with Gasteiger partial charge in [-0.15, -0.1) is 0 Å². The van der Waals surface area contributed by atoms with Crippen molar-refractivity contribution in [3.63, 3.8) is 0 Å². The number of hydrogen-bond acceptors (Lipinski definition) is 4. The molecule has 1 saturated heterocycles. The van der Waals surface area contributed by atoms with Gasteiger partial charge in [-0.1, -0.05) is 35.3 Å². The van der Waals surface area contributed by atoms with Crippen molar-refractivity contribution < 1.29 is 9.59 Å². The number of ketones is 1. The van der Waals surface area contributed by atoms with Gasteiger partial charge < -0.3 is 4.90 Å². The number of amides is 1. The zero-order valence-electron chi connectivity index (χ0n) is 16.1. The summed E-state index contributed by atoms with van der Waals surface area (Å²) in [6.45, 7) is 0.885. The normalized spacial score (nSPS) is 14.8. The van der Waals surface area contributed by atoms with E-state index in [1.54, 1.807) is 35.2 Å². The number of carbonyl (C=O) groups is 2. The van der Waals surface area contributed by atoms with Gasteiger partial charge in [0.15, 0.2) is 5.78 Å². The predicted molar refractivity (Wildman–Crippen MR) is 116 cm³/mol. The zero-order valence-corrected chi connectivity index (χ0v) is 17.6. The number of carbonyl (C=O) groups excluding carboxylic acids is 2. The highest BCUT2D eigenvalue weighted by Gasteiger charge is 2.28. The van der Waals surface area contributed by atoms with Crippen molar-refractivity contribution in [2.24, 2.45) is 5.92 Å². The molecule has 0 aliphatic carbocycles. The molecule has 1 fully saturated rings. The molecule has 0 spiro atoms. The van der Waals surface area contributed by atoms with E-state index in [2.05, 4.69) is 4.98 Å². The van der Waals surface area contributed by atoms with Gasteiger partial charge in [0.05, 0.1) is 27.3 Å². The summed E-state index contributed by atoms with van der Waals surface area (Å²) in [6.07, 6.45) is 2.37. The van der Waals surface area contributed by atoms with Gasteiger partial charge in [-0.2, -0.15) is 0 Å². The van der Waals surface area contributed by atoms with Crippen molar-refractivity contribution in [1.82, 2.24) is 14.5 Å². The zero-order chi connectivity index (χ0) is 21.3. The van der Waals surface area contributed by atoms with Crippen LogP contribution in [0.1, 0.15) is 23.2 Å². The second-order valence-corrected chi connectivity index (χ2v) is 8.13. The van der Waals surface area contributed by atoms with Gasteiger partial charge in [0.25, 0.3) is 5.56 Å². The largest absolute Gasteiger partial charge is 0.341 e. The topological polar surface area (TPSA) is 72.3 Å². The van der Waals surface area contributed by atoms with Crippen LogP contribution in [0, 0.1) is 5.92 Å². The predicted octanol–water partition coefficient (Wildman–Crippen LogP) is 3.82. The highest BCUT2D eigenvalue weighted by molar-refractivity contribution is 6.42. The van der Waals surface area contributed by atoms with Crippen molar-refractivity contribution in [3.8, 4) is 0 Å². The first-order valence-electron chi connectivity index (χ1n) is 9.65. The standard InChI is InChI=1S/C22H19Cl2N3O3/c23-16-6-5-15(11-17(16)24)22(30)14-7-9-26(10-8-14)21(29)13-27-19-4-2-1-3-18(19)25-12-20(27)28/h1-6,11-12,14H,7-10,13H2. The number of rotatable bonds is 4. The van der Waals surface area contributed by atoms with Crippen LogP contribution >= 0.6 is 23.2 Å². The van der Waals surface area contributed by atoms with Gasteiger partial charge in [-0.25, -0.2) is 4.98 Å². The molecule has 1 aromatic heterocycles. The van der Waals surface area contributed by atoms with Crippen LogP contribution < -0.4 is 5.56 Å². The van der Waals surface area contributed by atoms with E-state index in [1.807, 2.05) is 12.1 Å². The fraction of sp³-hybridized carbons (Fsp3) is 0.273. The number of likely N-dealkylation sites (tertiary alicyclic amines) is 1. The minimum absolute atomic E-state index is 0.0111. The third-order valence-electron chi connectivity index (χ3n) is 5.47. The van der Waals surface area contributed by atoms with Crippen molar-refractivity contribution in [1.29, 1.82) is 0 Å². The van der Waals surface area contributed by atoms with E-state index in [4.69, 9.17) is 23.2 Å². The number of para-hydroxylation sites is 2. The third-order valence-corrected chi connectivity index (χ3v) is 6.21. The van der Waals surface area contributed by atoms with Gasteiger partial charge in [0.1, 0.15) is 6.54 Å². The quantitative estimate of drug-likeness (QED) is 0.574. The molecular formula is C22H19Cl2N3O3. The van der Waals surface area contributed by atoms with E-state index < -0.39 is 0 Å². The molecule has 0 N–H and O–H groups in total. The monoisotopic (exact) mass is 443 g/mol. The number of benzene rings is 2. The maximum Gasteiger partial charge on any atom is 0.269 e. The molecule has 0 saturated carbocycles. The number of piperidine rings is 1. The second-order valence-electron chi connectivity index (χ2n) is 7.32. The molecule has 1 aliphatic rings. The molecule has 0 bridgehead atoms. The summed E-state index contributed by atoms with van der Waals surface area (Å²) < 4.78 is 1.44. The van der Waals surface area contributed by atoms with Crippen molar-refractivity contribution >= 4 is 45.9 Å². The van der Waals surface area contributed by atoms with E-state index in [1.165, 1.54) is 10.8 Å². The van der Waals surface area contributed by atoms with Crippen molar-refractivity contribution in [2.45, 2.75) is 19.4 Å². The summed E-state index contributed by atoms with van der Waals surface area (Å²) in [5, 5.41) is 0.762.